The van der Waals surface area contributed by atoms with Crippen molar-refractivity contribution in [2.45, 2.75) is 11.3 Å². The van der Waals surface area contributed by atoms with Gasteiger partial charge in [-0.15, -0.1) is 0 Å². The molecule has 0 saturated carbocycles. The van der Waals surface area contributed by atoms with Gasteiger partial charge in [-0.05, 0) is 30.2 Å². The highest BCUT2D eigenvalue weighted by atomic mass is 32.2. The lowest BCUT2D eigenvalue weighted by molar-refractivity contribution is 0.405. The number of ether oxygens (including phenoxy) is 1. The highest BCUT2D eigenvalue weighted by molar-refractivity contribution is 7.89. The highest BCUT2D eigenvalue weighted by Gasteiger charge is 2.23. The third-order valence-corrected chi connectivity index (χ3v) is 5.30. The fourth-order valence-corrected chi connectivity index (χ4v) is 3.36. The predicted molar refractivity (Wildman–Crippen MR) is 82.9 cm³/mol. The van der Waals surface area contributed by atoms with Gasteiger partial charge in [0.25, 0.3) is 0 Å². The zero-order valence-electron chi connectivity index (χ0n) is 12.5. The van der Waals surface area contributed by atoms with Crippen LogP contribution in [0.2, 0.25) is 0 Å². The normalized spacial score (nSPS) is 11.6. The van der Waals surface area contributed by atoms with Gasteiger partial charge in [0.2, 0.25) is 10.0 Å². The molecule has 0 aliphatic carbocycles. The summed E-state index contributed by atoms with van der Waals surface area (Å²) in [5, 5.41) is 0. The van der Waals surface area contributed by atoms with Crippen LogP contribution in [0, 0.1) is 5.82 Å². The summed E-state index contributed by atoms with van der Waals surface area (Å²) in [7, 11) is -0.832. The molecule has 2 rings (SSSR count). The molecule has 0 N–H and O–H groups in total. The second-order valence-electron chi connectivity index (χ2n) is 4.82. The van der Waals surface area contributed by atoms with Gasteiger partial charge >= 0.3 is 0 Å². The van der Waals surface area contributed by atoms with E-state index in [1.807, 2.05) is 24.3 Å². The quantitative estimate of drug-likeness (QED) is 0.821. The molecule has 0 atom stereocenters. The third kappa shape index (κ3) is 3.45. The molecule has 0 amide bonds. The summed E-state index contributed by atoms with van der Waals surface area (Å²) in [4.78, 5) is -0.308. The van der Waals surface area contributed by atoms with Crippen LogP contribution in [0.1, 0.15) is 5.56 Å². The summed E-state index contributed by atoms with van der Waals surface area (Å²) < 4.78 is 44.9. The smallest absolute Gasteiger partial charge is 0.245 e. The molecule has 118 valence electrons. The molecule has 0 spiro atoms. The molecule has 6 heteroatoms. The minimum Gasteiger partial charge on any atom is -0.496 e. The van der Waals surface area contributed by atoms with Crippen LogP contribution in [-0.4, -0.2) is 33.4 Å². The number of methoxy groups -OCH3 is 1. The number of rotatable bonds is 6. The van der Waals surface area contributed by atoms with Gasteiger partial charge in [-0.3, -0.25) is 0 Å². The Morgan fingerprint density at radius 1 is 1.09 bits per heavy atom. The van der Waals surface area contributed by atoms with Crippen LogP contribution < -0.4 is 4.74 Å². The minimum atomic E-state index is -3.84. The van der Waals surface area contributed by atoms with Crippen molar-refractivity contribution in [1.82, 2.24) is 4.31 Å². The Balaban J connectivity index is 2.15. The Bertz CT molecular complexity index is 747. The van der Waals surface area contributed by atoms with Crippen LogP contribution in [0.3, 0.4) is 0 Å². The van der Waals surface area contributed by atoms with Gasteiger partial charge in [0.15, 0.2) is 0 Å². The molecule has 4 nitrogen and oxygen atoms in total. The third-order valence-electron chi connectivity index (χ3n) is 3.41. The Morgan fingerprint density at radius 3 is 2.41 bits per heavy atom. The molecule has 0 unspecified atom stereocenters. The van der Waals surface area contributed by atoms with Gasteiger partial charge in [0, 0.05) is 13.6 Å². The number of hydrogen-bond donors (Lipinski definition) is 0. The van der Waals surface area contributed by atoms with E-state index >= 15 is 0 Å². The van der Waals surface area contributed by atoms with Crippen molar-refractivity contribution >= 4 is 10.0 Å². The van der Waals surface area contributed by atoms with E-state index in [1.54, 1.807) is 7.11 Å². The number of likely N-dealkylation sites (N-methyl/N-ethyl adjacent to an activating group) is 1. The largest absolute Gasteiger partial charge is 0.496 e. The fourth-order valence-electron chi connectivity index (χ4n) is 2.13. The van der Waals surface area contributed by atoms with Crippen LogP contribution >= 0.6 is 0 Å². The van der Waals surface area contributed by atoms with Crippen LogP contribution in [0.15, 0.2) is 53.4 Å². The van der Waals surface area contributed by atoms with Gasteiger partial charge in [-0.2, -0.15) is 0 Å². The second kappa shape index (κ2) is 6.89. The summed E-state index contributed by atoms with van der Waals surface area (Å²) in [6, 6.07) is 12.8. The summed E-state index contributed by atoms with van der Waals surface area (Å²) >= 11 is 0. The summed E-state index contributed by atoms with van der Waals surface area (Å²) in [5.74, 6) is -0.0363. The number of para-hydroxylation sites is 1. The van der Waals surface area contributed by atoms with Crippen molar-refractivity contribution in [3.63, 3.8) is 0 Å². The first-order valence-corrected chi connectivity index (χ1v) is 8.23. The lowest BCUT2D eigenvalue weighted by Gasteiger charge is -2.18. The molecule has 0 aliphatic heterocycles. The molecule has 0 saturated heterocycles. The van der Waals surface area contributed by atoms with Crippen LogP contribution in [0.4, 0.5) is 4.39 Å². The molecular weight excluding hydrogens is 305 g/mol. The van der Waals surface area contributed by atoms with Gasteiger partial charge in [0.05, 0.1) is 7.11 Å². The van der Waals surface area contributed by atoms with Crippen LogP contribution in [-0.2, 0) is 16.4 Å². The van der Waals surface area contributed by atoms with E-state index in [0.717, 1.165) is 15.9 Å². The van der Waals surface area contributed by atoms with Gasteiger partial charge in [-0.25, -0.2) is 17.1 Å². The van der Waals surface area contributed by atoms with E-state index in [4.69, 9.17) is 4.74 Å². The molecule has 22 heavy (non-hydrogen) atoms. The van der Waals surface area contributed by atoms with Gasteiger partial charge in [0.1, 0.15) is 16.5 Å². The van der Waals surface area contributed by atoms with E-state index in [1.165, 1.54) is 25.2 Å². The maximum atomic E-state index is 13.7. The first-order chi connectivity index (χ1) is 10.5. The molecule has 0 radical (unpaired) electrons. The van der Waals surface area contributed by atoms with E-state index < -0.39 is 15.8 Å². The average molecular weight is 323 g/mol. The zero-order valence-corrected chi connectivity index (χ0v) is 13.3. The van der Waals surface area contributed by atoms with Crippen molar-refractivity contribution in [1.29, 1.82) is 0 Å². The van der Waals surface area contributed by atoms with Crippen LogP contribution in [0.25, 0.3) is 0 Å². The topological polar surface area (TPSA) is 46.6 Å². The van der Waals surface area contributed by atoms with Gasteiger partial charge in [-0.1, -0.05) is 30.3 Å². The molecule has 0 aliphatic rings. The number of halogens is 1. The predicted octanol–water partition coefficient (Wildman–Crippen LogP) is 2.70. The minimum absolute atomic E-state index is 0.233. The molecule has 2 aromatic carbocycles. The van der Waals surface area contributed by atoms with E-state index in [2.05, 4.69) is 0 Å². The van der Waals surface area contributed by atoms with Crippen molar-refractivity contribution in [2.75, 3.05) is 20.7 Å². The van der Waals surface area contributed by atoms with Crippen molar-refractivity contribution < 1.29 is 17.5 Å². The number of sulfonamides is 1. The Labute approximate surface area is 130 Å². The molecular formula is C16H18FNO3S. The van der Waals surface area contributed by atoms with E-state index in [0.29, 0.717) is 12.2 Å². The maximum Gasteiger partial charge on any atom is 0.245 e. The lowest BCUT2D eigenvalue weighted by Crippen LogP contribution is -2.29. The molecule has 0 fully saturated rings. The highest BCUT2D eigenvalue weighted by Crippen LogP contribution is 2.21. The van der Waals surface area contributed by atoms with Gasteiger partial charge < -0.3 is 4.74 Å². The maximum absolute atomic E-state index is 13.7. The van der Waals surface area contributed by atoms with E-state index in [9.17, 15) is 12.8 Å². The first-order valence-electron chi connectivity index (χ1n) is 6.79. The summed E-state index contributed by atoms with van der Waals surface area (Å²) in [6.07, 6.45) is 0.480. The zero-order chi connectivity index (χ0) is 16.2. The first kappa shape index (κ1) is 16.5. The monoisotopic (exact) mass is 323 g/mol. The summed E-state index contributed by atoms with van der Waals surface area (Å²) in [6.45, 7) is 0.233. The number of benzene rings is 2. The number of hydrogen-bond acceptors (Lipinski definition) is 3. The lowest BCUT2D eigenvalue weighted by atomic mass is 10.1. The number of nitrogens with zero attached hydrogens (tertiary/aromatic N) is 1. The summed E-state index contributed by atoms with van der Waals surface area (Å²) in [5.41, 5.74) is 0.903. The fraction of sp³-hybridized carbons (Fsp3) is 0.250. The molecule has 0 aromatic heterocycles. The molecule has 2 aromatic rings. The Morgan fingerprint density at radius 2 is 1.73 bits per heavy atom. The Hall–Kier alpha value is -1.92. The SMILES string of the molecule is COc1ccccc1CCN(C)S(=O)(=O)c1ccccc1F. The van der Waals surface area contributed by atoms with Crippen molar-refractivity contribution in [3.05, 3.63) is 59.9 Å². The second-order valence-corrected chi connectivity index (χ2v) is 6.83. The van der Waals surface area contributed by atoms with Crippen LogP contribution in [0.5, 0.6) is 5.75 Å². The molecule has 0 heterocycles. The standard InChI is InChI=1S/C16H18FNO3S/c1-18(12-11-13-7-3-5-9-15(13)21-2)22(19,20)16-10-6-4-8-14(16)17/h3-10H,11-12H2,1-2H3. The van der Waals surface area contributed by atoms with Crippen molar-refractivity contribution in [2.24, 2.45) is 0 Å². The van der Waals surface area contributed by atoms with E-state index in [-0.39, 0.29) is 11.4 Å². The average Bonchev–Trinajstić information content (AvgIpc) is 2.53. The Kier molecular flexibility index (Phi) is 5.15. The van der Waals surface area contributed by atoms with Crippen molar-refractivity contribution in [3.8, 4) is 5.75 Å². The molecule has 0 bridgehead atoms.